The highest BCUT2D eigenvalue weighted by Crippen LogP contribution is 2.32. The molecule has 12 heteroatoms. The topological polar surface area (TPSA) is 138 Å². The molecule has 0 unspecified atom stereocenters. The number of aromatic amines is 1. The van der Waals surface area contributed by atoms with Crippen LogP contribution in [-0.4, -0.2) is 61.7 Å². The van der Waals surface area contributed by atoms with Gasteiger partial charge in [0, 0.05) is 65.1 Å². The van der Waals surface area contributed by atoms with Gasteiger partial charge in [-0.1, -0.05) is 38.1 Å². The molecule has 43 heavy (non-hydrogen) atoms. The monoisotopic (exact) mass is 583 g/mol. The molecule has 0 aliphatic carbocycles. The maximum Gasteiger partial charge on any atom is 0.315 e. The molecule has 5 heterocycles. The summed E-state index contributed by atoms with van der Waals surface area (Å²) in [7, 11) is 0. The predicted octanol–water partition coefficient (Wildman–Crippen LogP) is 4.80. The first-order chi connectivity index (χ1) is 20.6. The zero-order valence-corrected chi connectivity index (χ0v) is 24.8. The molecule has 4 aromatic heterocycles. The maximum atomic E-state index is 15.4. The summed E-state index contributed by atoms with van der Waals surface area (Å²) in [5, 5.41) is 10.8. The van der Waals surface area contributed by atoms with Crippen molar-refractivity contribution in [1.82, 2.24) is 40.7 Å². The number of amides is 1. The lowest BCUT2D eigenvalue weighted by molar-refractivity contribution is 0.0895. The zero-order chi connectivity index (χ0) is 30.3. The molecule has 6 rings (SSSR count). The number of anilines is 1. The number of carbonyl (C=O) groups excluding carboxylic acids is 1. The first kappa shape index (κ1) is 28.4. The van der Waals surface area contributed by atoms with Crippen molar-refractivity contribution in [3.8, 4) is 22.5 Å². The van der Waals surface area contributed by atoms with Crippen molar-refractivity contribution >= 4 is 22.8 Å². The Morgan fingerprint density at radius 2 is 1.95 bits per heavy atom. The molecule has 2 atom stereocenters. The highest BCUT2D eigenvalue weighted by molar-refractivity contribution is 5.94. The van der Waals surface area contributed by atoms with Gasteiger partial charge in [0.25, 0.3) is 0 Å². The summed E-state index contributed by atoms with van der Waals surface area (Å²) in [6.45, 7) is 12.4. The number of fused-ring (bicyclic) bond motifs is 1. The van der Waals surface area contributed by atoms with Crippen molar-refractivity contribution in [2.24, 2.45) is 0 Å². The normalized spacial score (nSPS) is 16.4. The molecule has 11 nitrogen and oxygen atoms in total. The number of hydrogen-bond donors (Lipinski definition) is 3. The molecule has 1 fully saturated rings. The van der Waals surface area contributed by atoms with Gasteiger partial charge >= 0.3 is 11.8 Å². The molecule has 1 amide bonds. The van der Waals surface area contributed by atoms with Crippen molar-refractivity contribution in [3.05, 3.63) is 72.0 Å². The van der Waals surface area contributed by atoms with E-state index in [9.17, 15) is 4.79 Å². The number of halogens is 1. The van der Waals surface area contributed by atoms with Crippen LogP contribution < -0.4 is 15.5 Å². The van der Waals surface area contributed by atoms with Gasteiger partial charge in [-0.25, -0.2) is 19.3 Å². The van der Waals surface area contributed by atoms with Crippen LogP contribution in [0.15, 0.2) is 53.4 Å². The van der Waals surface area contributed by atoms with Crippen molar-refractivity contribution in [3.63, 3.8) is 0 Å². The Kier molecular flexibility index (Phi) is 7.38. The maximum absolute atomic E-state index is 15.4. The molecule has 0 saturated carbocycles. The van der Waals surface area contributed by atoms with E-state index in [-0.39, 0.29) is 11.3 Å². The second-order valence-electron chi connectivity index (χ2n) is 11.9. The number of benzene rings is 1. The van der Waals surface area contributed by atoms with E-state index in [0.29, 0.717) is 34.3 Å². The summed E-state index contributed by atoms with van der Waals surface area (Å²) >= 11 is 0. The van der Waals surface area contributed by atoms with E-state index in [1.807, 2.05) is 45.2 Å². The number of H-pyrrole nitrogens is 1. The number of piperazine rings is 1. The van der Waals surface area contributed by atoms with E-state index in [4.69, 9.17) is 9.51 Å². The summed E-state index contributed by atoms with van der Waals surface area (Å²) in [4.78, 5) is 36.1. The fraction of sp³-hybridized carbons (Fsp3) is 0.355. The van der Waals surface area contributed by atoms with Gasteiger partial charge in [-0.05, 0) is 38.1 Å². The molecule has 0 radical (unpaired) electrons. The first-order valence-corrected chi connectivity index (χ1v) is 14.3. The molecule has 1 aliphatic heterocycles. The Balaban J connectivity index is 1.22. The van der Waals surface area contributed by atoms with Crippen LogP contribution in [-0.2, 0) is 5.41 Å². The van der Waals surface area contributed by atoms with E-state index in [1.54, 1.807) is 19.1 Å². The van der Waals surface area contributed by atoms with Gasteiger partial charge in [-0.3, -0.25) is 4.79 Å². The first-order valence-electron chi connectivity index (χ1n) is 14.3. The number of nitrogens with one attached hydrogen (secondary N) is 3. The second-order valence-corrected chi connectivity index (χ2v) is 11.9. The molecular formula is C31H34FN9O2. The Morgan fingerprint density at radius 1 is 1.14 bits per heavy atom. The summed E-state index contributed by atoms with van der Waals surface area (Å²) in [6.07, 6.45) is 3.31. The minimum atomic E-state index is -0.643. The average Bonchev–Trinajstić information content (AvgIpc) is 3.66. The number of hydrogen-bond acceptors (Lipinski definition) is 9. The standard InChI is InChI=1S/C31H34FN9O2/c1-17-14-33-10-11-41(17)25-9-7-20(15-34-25)24-13-22-26(35-16-36-27(22)38-24)19-6-8-21(23(32)12-19)18(2)37-28(42)29-39-30(40-43-29)31(3,4)5/h6-9,12-13,15-18,33H,10-11,14H2,1-5H3,(H,37,42)(H,35,36,38)/t17-,18+/m0/s1. The Morgan fingerprint density at radius 3 is 2.65 bits per heavy atom. The fourth-order valence-corrected chi connectivity index (χ4v) is 5.20. The quantitative estimate of drug-likeness (QED) is 0.257. The van der Waals surface area contributed by atoms with Crippen LogP contribution in [0.3, 0.4) is 0 Å². The predicted molar refractivity (Wildman–Crippen MR) is 161 cm³/mol. The van der Waals surface area contributed by atoms with E-state index >= 15 is 4.39 Å². The summed E-state index contributed by atoms with van der Waals surface area (Å²) in [6, 6.07) is 10.6. The van der Waals surface area contributed by atoms with E-state index in [1.165, 1.54) is 12.4 Å². The second kappa shape index (κ2) is 11.2. The van der Waals surface area contributed by atoms with Crippen LogP contribution >= 0.6 is 0 Å². The zero-order valence-electron chi connectivity index (χ0n) is 24.8. The largest absolute Gasteiger partial charge is 0.351 e. The third-order valence-corrected chi connectivity index (χ3v) is 7.66. The van der Waals surface area contributed by atoms with Gasteiger partial charge in [0.2, 0.25) is 0 Å². The molecule has 0 spiro atoms. The SMILES string of the molecule is C[C@@H](NC(=O)c1nc(C(C)(C)C)no1)c1ccc(-c2ncnc3[nH]c(-c4ccc(N5CCNC[C@@H]5C)nc4)cc23)cc1F. The van der Waals surface area contributed by atoms with Crippen LogP contribution in [0.1, 0.15) is 62.7 Å². The van der Waals surface area contributed by atoms with Crippen molar-refractivity contribution < 1.29 is 13.7 Å². The lowest BCUT2D eigenvalue weighted by atomic mass is 9.96. The lowest BCUT2D eigenvalue weighted by Gasteiger charge is -2.34. The number of pyridine rings is 1. The minimum Gasteiger partial charge on any atom is -0.351 e. The van der Waals surface area contributed by atoms with Crippen molar-refractivity contribution in [1.29, 1.82) is 0 Å². The molecule has 1 aliphatic rings. The van der Waals surface area contributed by atoms with Crippen LogP contribution in [0.5, 0.6) is 0 Å². The van der Waals surface area contributed by atoms with E-state index < -0.39 is 17.8 Å². The van der Waals surface area contributed by atoms with Gasteiger partial charge in [0.15, 0.2) is 5.82 Å². The number of aromatic nitrogens is 6. The fourth-order valence-electron chi connectivity index (χ4n) is 5.20. The summed E-state index contributed by atoms with van der Waals surface area (Å²) in [5.41, 5.74) is 3.52. The van der Waals surface area contributed by atoms with Gasteiger partial charge in [-0.15, -0.1) is 0 Å². The number of rotatable bonds is 6. The van der Waals surface area contributed by atoms with E-state index in [0.717, 1.165) is 42.1 Å². The van der Waals surface area contributed by atoms with Gasteiger partial charge in [0.05, 0.1) is 11.7 Å². The Labute approximate surface area is 248 Å². The molecular weight excluding hydrogens is 549 g/mol. The Bertz CT molecular complexity index is 1770. The Hall–Kier alpha value is -4.71. The highest BCUT2D eigenvalue weighted by atomic mass is 19.1. The van der Waals surface area contributed by atoms with Crippen LogP contribution in [0.4, 0.5) is 10.2 Å². The highest BCUT2D eigenvalue weighted by Gasteiger charge is 2.25. The summed E-state index contributed by atoms with van der Waals surface area (Å²) < 4.78 is 20.5. The smallest absolute Gasteiger partial charge is 0.315 e. The van der Waals surface area contributed by atoms with Crippen molar-refractivity contribution in [2.75, 3.05) is 24.5 Å². The van der Waals surface area contributed by atoms with Crippen LogP contribution in [0, 0.1) is 5.82 Å². The van der Waals surface area contributed by atoms with Crippen LogP contribution in [0.25, 0.3) is 33.5 Å². The molecule has 1 aromatic carbocycles. The molecule has 222 valence electrons. The third kappa shape index (κ3) is 5.70. The lowest BCUT2D eigenvalue weighted by Crippen LogP contribution is -2.50. The molecule has 1 saturated heterocycles. The van der Waals surface area contributed by atoms with Crippen LogP contribution in [0.2, 0.25) is 0 Å². The summed E-state index contributed by atoms with van der Waals surface area (Å²) in [5.74, 6) is 0.158. The minimum absolute atomic E-state index is 0.163. The molecule has 5 aromatic rings. The van der Waals surface area contributed by atoms with Gasteiger partial charge < -0.3 is 25.0 Å². The average molecular weight is 584 g/mol. The molecule has 0 bridgehead atoms. The third-order valence-electron chi connectivity index (χ3n) is 7.66. The number of nitrogens with zero attached hydrogens (tertiary/aromatic N) is 6. The van der Waals surface area contributed by atoms with Gasteiger partial charge in [-0.2, -0.15) is 4.98 Å². The van der Waals surface area contributed by atoms with Gasteiger partial charge in [0.1, 0.15) is 23.6 Å². The number of carbonyl (C=O) groups is 1. The molecule has 3 N–H and O–H groups in total. The van der Waals surface area contributed by atoms with Crippen molar-refractivity contribution in [2.45, 2.75) is 52.1 Å². The van der Waals surface area contributed by atoms with E-state index in [2.05, 4.69) is 47.5 Å².